The van der Waals surface area contributed by atoms with Crippen LogP contribution in [0.3, 0.4) is 0 Å². The van der Waals surface area contributed by atoms with Crippen LogP contribution < -0.4 is 4.90 Å². The van der Waals surface area contributed by atoms with Gasteiger partial charge in [-0.25, -0.2) is 4.98 Å². The molecule has 1 saturated heterocycles. The Hall–Kier alpha value is -2.15. The average molecular weight is 563 g/mol. The maximum absolute atomic E-state index is 6.90. The normalized spacial score (nSPS) is 22.2. The molecule has 2 fully saturated rings. The van der Waals surface area contributed by atoms with Crippen molar-refractivity contribution in [2.45, 2.75) is 77.8 Å². The Morgan fingerprint density at radius 1 is 0.900 bits per heavy atom. The third-order valence-corrected chi connectivity index (χ3v) is 10.5. The molecule has 3 heterocycles. The fraction of sp³-hybridized carbons (Fsp3) is 0.618. The molecule has 1 aliphatic carbocycles. The first-order valence-electron chi connectivity index (χ1n) is 15.7. The molecule has 5 nitrogen and oxygen atoms in total. The highest BCUT2D eigenvalue weighted by atomic mass is 32.1. The van der Waals surface area contributed by atoms with E-state index in [9.17, 15) is 0 Å². The van der Waals surface area contributed by atoms with E-state index in [0.29, 0.717) is 17.9 Å². The summed E-state index contributed by atoms with van der Waals surface area (Å²) in [5.74, 6) is 4.04. The molecule has 5 rings (SSSR count). The van der Waals surface area contributed by atoms with Crippen LogP contribution in [0.1, 0.15) is 93.4 Å². The molecule has 218 valence electrons. The zero-order valence-electron chi connectivity index (χ0n) is 25.4. The Labute approximate surface area is 246 Å². The van der Waals surface area contributed by atoms with Crippen LogP contribution in [0.5, 0.6) is 0 Å². The van der Waals surface area contributed by atoms with Gasteiger partial charge in [0.25, 0.3) is 0 Å². The van der Waals surface area contributed by atoms with E-state index < -0.39 is 0 Å². The molecular weight excluding hydrogens is 512 g/mol. The number of benzene rings is 1. The van der Waals surface area contributed by atoms with Gasteiger partial charge in [-0.1, -0.05) is 57.2 Å². The Morgan fingerprint density at radius 3 is 2.12 bits per heavy atom. The lowest BCUT2D eigenvalue weighted by atomic mass is 9.74. The molecule has 3 aromatic rings. The molecule has 0 spiro atoms. The molecule has 2 aliphatic rings. The number of nitrogens with zero attached hydrogens (tertiary/aromatic N) is 4. The molecule has 0 amide bonds. The fourth-order valence-electron chi connectivity index (χ4n) is 7.27. The Kier molecular flexibility index (Phi) is 10.0. The zero-order valence-corrected chi connectivity index (χ0v) is 26.2. The highest BCUT2D eigenvalue weighted by molar-refractivity contribution is 7.10. The van der Waals surface area contributed by atoms with E-state index in [-0.39, 0.29) is 6.04 Å². The monoisotopic (exact) mass is 562 g/mol. The predicted molar refractivity (Wildman–Crippen MR) is 168 cm³/mol. The lowest BCUT2D eigenvalue weighted by molar-refractivity contribution is 0.0744. The molecule has 0 N–H and O–H groups in total. The Balaban J connectivity index is 1.41. The minimum absolute atomic E-state index is 0.238. The molecule has 2 unspecified atom stereocenters. The van der Waals surface area contributed by atoms with E-state index in [4.69, 9.17) is 9.40 Å². The predicted octanol–water partition coefficient (Wildman–Crippen LogP) is 8.06. The van der Waals surface area contributed by atoms with Crippen LogP contribution >= 0.6 is 11.3 Å². The van der Waals surface area contributed by atoms with Gasteiger partial charge in [0.15, 0.2) is 0 Å². The van der Waals surface area contributed by atoms with Gasteiger partial charge in [-0.2, -0.15) is 0 Å². The van der Waals surface area contributed by atoms with E-state index in [1.54, 1.807) is 0 Å². The highest BCUT2D eigenvalue weighted by Gasteiger charge is 2.38. The van der Waals surface area contributed by atoms with Crippen LogP contribution in [-0.2, 0) is 6.42 Å². The average Bonchev–Trinajstić information content (AvgIpc) is 3.64. The van der Waals surface area contributed by atoms with E-state index in [2.05, 4.69) is 97.4 Å². The second kappa shape index (κ2) is 13.7. The lowest BCUT2D eigenvalue weighted by Gasteiger charge is -2.41. The van der Waals surface area contributed by atoms with Gasteiger partial charge in [0, 0.05) is 30.4 Å². The number of oxazole rings is 1. The summed E-state index contributed by atoms with van der Waals surface area (Å²) in [6, 6.07) is 16.1. The van der Waals surface area contributed by atoms with Gasteiger partial charge < -0.3 is 14.2 Å². The van der Waals surface area contributed by atoms with Gasteiger partial charge in [-0.15, -0.1) is 11.3 Å². The van der Waals surface area contributed by atoms with E-state index in [1.807, 2.05) is 11.3 Å². The van der Waals surface area contributed by atoms with Crippen LogP contribution in [0.15, 0.2) is 52.3 Å². The summed E-state index contributed by atoms with van der Waals surface area (Å²) in [5.41, 5.74) is 2.42. The number of thiophene rings is 1. The molecular formula is C34H50N4OS. The van der Waals surface area contributed by atoms with Crippen LogP contribution in [0.25, 0.3) is 0 Å². The summed E-state index contributed by atoms with van der Waals surface area (Å²) in [4.78, 5) is 14.4. The molecule has 2 atom stereocenters. The van der Waals surface area contributed by atoms with Gasteiger partial charge in [0.2, 0.25) is 11.8 Å². The molecule has 40 heavy (non-hydrogen) atoms. The van der Waals surface area contributed by atoms with Crippen molar-refractivity contribution in [2.24, 2.45) is 17.8 Å². The second-order valence-electron chi connectivity index (χ2n) is 12.4. The van der Waals surface area contributed by atoms with E-state index in [1.165, 1.54) is 49.0 Å². The SMILES string of the molecule is CCN(CC)C(c1nc(Cc2ccccc2)c(N2CCC(C)CC2)o1)C1CCC(C(c2cccs2)N(C)C)CC1. The van der Waals surface area contributed by atoms with Crippen molar-refractivity contribution < 1.29 is 4.42 Å². The van der Waals surface area contributed by atoms with E-state index >= 15 is 0 Å². The third kappa shape index (κ3) is 6.66. The molecule has 2 aromatic heterocycles. The molecule has 0 bridgehead atoms. The Morgan fingerprint density at radius 2 is 1.55 bits per heavy atom. The van der Waals surface area contributed by atoms with Crippen molar-refractivity contribution >= 4 is 17.2 Å². The lowest BCUT2D eigenvalue weighted by Crippen LogP contribution is -2.37. The molecule has 0 radical (unpaired) electrons. The standard InChI is InChI=1S/C34H50N4OS/c1-6-37(7-2)32(28-17-15-27(16-18-28)31(36(4)5)30-14-11-23-40-30)33-35-29(24-26-12-9-8-10-13-26)34(39-33)38-21-19-25(3)20-22-38/h8-14,23,25,27-28,31-32H,6-7,15-22,24H2,1-5H3. The maximum atomic E-state index is 6.90. The summed E-state index contributed by atoms with van der Waals surface area (Å²) in [7, 11) is 4.50. The van der Waals surface area contributed by atoms with Crippen molar-refractivity contribution in [3.8, 4) is 0 Å². The van der Waals surface area contributed by atoms with Crippen molar-refractivity contribution in [1.82, 2.24) is 14.8 Å². The third-order valence-electron chi connectivity index (χ3n) is 9.54. The van der Waals surface area contributed by atoms with Crippen molar-refractivity contribution in [2.75, 3.05) is 45.2 Å². The number of anilines is 1. The maximum Gasteiger partial charge on any atom is 0.219 e. The highest BCUT2D eigenvalue weighted by Crippen LogP contribution is 2.46. The van der Waals surface area contributed by atoms with E-state index in [0.717, 1.165) is 56.0 Å². The number of aromatic nitrogens is 1. The van der Waals surface area contributed by atoms with Crippen LogP contribution in [0, 0.1) is 17.8 Å². The summed E-state index contributed by atoms with van der Waals surface area (Å²) in [6.45, 7) is 11.1. The number of rotatable bonds is 11. The first-order chi connectivity index (χ1) is 19.5. The van der Waals surface area contributed by atoms with Crippen LogP contribution in [0.2, 0.25) is 0 Å². The smallest absolute Gasteiger partial charge is 0.219 e. The second-order valence-corrected chi connectivity index (χ2v) is 13.4. The summed E-state index contributed by atoms with van der Waals surface area (Å²) in [6.07, 6.45) is 8.26. The molecule has 1 saturated carbocycles. The Bertz CT molecular complexity index is 1140. The summed E-state index contributed by atoms with van der Waals surface area (Å²) >= 11 is 1.91. The largest absolute Gasteiger partial charge is 0.423 e. The minimum atomic E-state index is 0.238. The van der Waals surface area contributed by atoms with Gasteiger partial charge in [-0.05, 0) is 100 Å². The van der Waals surface area contributed by atoms with Crippen LogP contribution in [-0.4, -0.2) is 55.1 Å². The molecule has 1 aromatic carbocycles. The van der Waals surface area contributed by atoms with Gasteiger partial charge in [0.1, 0.15) is 5.69 Å². The van der Waals surface area contributed by atoms with Crippen LogP contribution in [0.4, 0.5) is 5.88 Å². The van der Waals surface area contributed by atoms with Crippen molar-refractivity contribution in [1.29, 1.82) is 0 Å². The summed E-state index contributed by atoms with van der Waals surface area (Å²) in [5, 5.41) is 2.23. The number of hydrogen-bond donors (Lipinski definition) is 0. The van der Waals surface area contributed by atoms with Crippen molar-refractivity contribution in [3.05, 3.63) is 69.9 Å². The summed E-state index contributed by atoms with van der Waals surface area (Å²) < 4.78 is 6.90. The van der Waals surface area contributed by atoms with Gasteiger partial charge in [0.05, 0.1) is 6.04 Å². The first kappa shape index (κ1) is 29.3. The quantitative estimate of drug-likeness (QED) is 0.236. The fourth-order valence-corrected chi connectivity index (χ4v) is 8.28. The number of hydrogen-bond acceptors (Lipinski definition) is 6. The zero-order chi connectivity index (χ0) is 28.1. The molecule has 6 heteroatoms. The van der Waals surface area contributed by atoms with Crippen molar-refractivity contribution in [3.63, 3.8) is 0 Å². The number of piperidine rings is 1. The van der Waals surface area contributed by atoms with Gasteiger partial charge in [-0.3, -0.25) is 4.90 Å². The first-order valence-corrected chi connectivity index (χ1v) is 16.6. The molecule has 1 aliphatic heterocycles. The topological polar surface area (TPSA) is 35.8 Å². The minimum Gasteiger partial charge on any atom is -0.423 e. The van der Waals surface area contributed by atoms with Gasteiger partial charge >= 0.3 is 0 Å².